The van der Waals surface area contributed by atoms with Gasteiger partial charge >= 0.3 is 0 Å². The summed E-state index contributed by atoms with van der Waals surface area (Å²) < 4.78 is 0. The van der Waals surface area contributed by atoms with E-state index in [1.807, 2.05) is 11.9 Å². The van der Waals surface area contributed by atoms with Gasteiger partial charge in [-0.15, -0.1) is 0 Å². The van der Waals surface area contributed by atoms with Crippen molar-refractivity contribution >= 4 is 5.91 Å². The van der Waals surface area contributed by atoms with Crippen molar-refractivity contribution in [1.29, 1.82) is 0 Å². The van der Waals surface area contributed by atoms with Crippen molar-refractivity contribution in [3.63, 3.8) is 0 Å². The molecule has 1 aliphatic rings. The van der Waals surface area contributed by atoms with Crippen molar-refractivity contribution in [2.45, 2.75) is 45.1 Å². The monoisotopic (exact) mass is 198 g/mol. The number of carbonyl (C=O) groups excluding carboxylic acids is 1. The Kier molecular flexibility index (Phi) is 4.39. The zero-order valence-electron chi connectivity index (χ0n) is 9.33. The highest BCUT2D eigenvalue weighted by Gasteiger charge is 2.29. The van der Waals surface area contributed by atoms with E-state index in [9.17, 15) is 4.79 Å². The minimum atomic E-state index is 0.302. The molecule has 1 fully saturated rings. The molecule has 1 rings (SSSR count). The number of hydrogen-bond acceptors (Lipinski definition) is 2. The standard InChI is InChI=1S/C11H22N2O/c1-9(7-8-12)3-6-11(14)13(2)10-4-5-10/h9-10H,3-8,12H2,1-2H3. The smallest absolute Gasteiger partial charge is 0.222 e. The summed E-state index contributed by atoms with van der Waals surface area (Å²) >= 11 is 0. The SMILES string of the molecule is CC(CCN)CCC(=O)N(C)C1CC1. The highest BCUT2D eigenvalue weighted by Crippen LogP contribution is 2.26. The Morgan fingerprint density at radius 2 is 2.14 bits per heavy atom. The summed E-state index contributed by atoms with van der Waals surface area (Å²) in [6, 6.07) is 0.548. The second kappa shape index (κ2) is 5.35. The highest BCUT2D eigenvalue weighted by atomic mass is 16.2. The molecule has 0 saturated heterocycles. The van der Waals surface area contributed by atoms with E-state index in [1.165, 1.54) is 12.8 Å². The minimum absolute atomic E-state index is 0.302. The van der Waals surface area contributed by atoms with Crippen LogP contribution in [0.1, 0.15) is 39.0 Å². The molecular weight excluding hydrogens is 176 g/mol. The fourth-order valence-corrected chi connectivity index (χ4v) is 1.64. The van der Waals surface area contributed by atoms with Crippen molar-refractivity contribution in [3.8, 4) is 0 Å². The third kappa shape index (κ3) is 3.66. The van der Waals surface area contributed by atoms with E-state index in [2.05, 4.69) is 6.92 Å². The van der Waals surface area contributed by atoms with E-state index in [0.29, 0.717) is 24.3 Å². The first-order valence-corrected chi connectivity index (χ1v) is 5.61. The predicted octanol–water partition coefficient (Wildman–Crippen LogP) is 1.37. The average Bonchev–Trinajstić information content (AvgIpc) is 2.96. The first-order chi connectivity index (χ1) is 6.65. The van der Waals surface area contributed by atoms with E-state index in [0.717, 1.165) is 19.4 Å². The fraction of sp³-hybridized carbons (Fsp3) is 0.909. The van der Waals surface area contributed by atoms with Gasteiger partial charge in [-0.05, 0) is 38.1 Å². The molecule has 0 spiro atoms. The molecule has 3 heteroatoms. The molecule has 1 atom stereocenters. The van der Waals surface area contributed by atoms with Crippen LogP contribution >= 0.6 is 0 Å². The summed E-state index contributed by atoms with van der Waals surface area (Å²) in [6.07, 6.45) is 5.09. The van der Waals surface area contributed by atoms with Crippen LogP contribution in [0.5, 0.6) is 0 Å². The Balaban J connectivity index is 2.13. The van der Waals surface area contributed by atoms with Crippen LogP contribution in [0.4, 0.5) is 0 Å². The molecule has 0 aromatic rings. The molecule has 0 bridgehead atoms. The molecule has 0 radical (unpaired) electrons. The number of rotatable bonds is 6. The third-order valence-corrected chi connectivity index (χ3v) is 3.00. The number of amides is 1. The molecule has 1 amide bonds. The summed E-state index contributed by atoms with van der Waals surface area (Å²) in [6.45, 7) is 2.89. The first kappa shape index (κ1) is 11.5. The van der Waals surface area contributed by atoms with Gasteiger partial charge in [-0.2, -0.15) is 0 Å². The Hall–Kier alpha value is -0.570. The molecule has 0 heterocycles. The van der Waals surface area contributed by atoms with Gasteiger partial charge in [-0.1, -0.05) is 6.92 Å². The van der Waals surface area contributed by atoms with E-state index in [-0.39, 0.29) is 0 Å². The Morgan fingerprint density at radius 1 is 1.50 bits per heavy atom. The molecule has 3 nitrogen and oxygen atoms in total. The second-order valence-electron chi connectivity index (χ2n) is 4.46. The van der Waals surface area contributed by atoms with Crippen molar-refractivity contribution in [2.24, 2.45) is 11.7 Å². The lowest BCUT2D eigenvalue weighted by Crippen LogP contribution is -2.28. The second-order valence-corrected chi connectivity index (χ2v) is 4.46. The topological polar surface area (TPSA) is 46.3 Å². The Labute approximate surface area is 86.6 Å². The van der Waals surface area contributed by atoms with E-state index >= 15 is 0 Å². The molecule has 0 aromatic carbocycles. The average molecular weight is 198 g/mol. The van der Waals surface area contributed by atoms with Crippen LogP contribution in [0, 0.1) is 5.92 Å². The molecule has 82 valence electrons. The maximum absolute atomic E-state index is 11.6. The zero-order valence-corrected chi connectivity index (χ0v) is 9.33. The maximum Gasteiger partial charge on any atom is 0.222 e. The van der Waals surface area contributed by atoms with Gasteiger partial charge in [0.2, 0.25) is 5.91 Å². The summed E-state index contributed by atoms with van der Waals surface area (Å²) in [5, 5.41) is 0. The maximum atomic E-state index is 11.6. The van der Waals surface area contributed by atoms with Gasteiger partial charge in [0.1, 0.15) is 0 Å². The van der Waals surface area contributed by atoms with Crippen LogP contribution < -0.4 is 5.73 Å². The Morgan fingerprint density at radius 3 is 2.64 bits per heavy atom. The quantitative estimate of drug-likeness (QED) is 0.700. The molecule has 1 unspecified atom stereocenters. The lowest BCUT2D eigenvalue weighted by atomic mass is 10.0. The molecule has 1 saturated carbocycles. The van der Waals surface area contributed by atoms with Crippen molar-refractivity contribution < 1.29 is 4.79 Å². The summed E-state index contributed by atoms with van der Waals surface area (Å²) in [7, 11) is 1.92. The van der Waals surface area contributed by atoms with Crippen LogP contribution in [0.25, 0.3) is 0 Å². The van der Waals surface area contributed by atoms with Gasteiger partial charge in [0.25, 0.3) is 0 Å². The van der Waals surface area contributed by atoms with Gasteiger partial charge in [0, 0.05) is 19.5 Å². The zero-order chi connectivity index (χ0) is 10.6. The third-order valence-electron chi connectivity index (χ3n) is 3.00. The number of nitrogens with zero attached hydrogens (tertiary/aromatic N) is 1. The molecule has 0 aromatic heterocycles. The lowest BCUT2D eigenvalue weighted by Gasteiger charge is -2.17. The highest BCUT2D eigenvalue weighted by molar-refractivity contribution is 5.76. The predicted molar refractivity (Wildman–Crippen MR) is 57.9 cm³/mol. The normalized spacial score (nSPS) is 17.9. The van der Waals surface area contributed by atoms with Crippen LogP contribution in [-0.2, 0) is 4.79 Å². The largest absolute Gasteiger partial charge is 0.343 e. The lowest BCUT2D eigenvalue weighted by molar-refractivity contribution is -0.130. The Bertz CT molecular complexity index is 190. The summed E-state index contributed by atoms with van der Waals surface area (Å²) in [5.74, 6) is 0.882. The van der Waals surface area contributed by atoms with Crippen LogP contribution in [0.2, 0.25) is 0 Å². The van der Waals surface area contributed by atoms with Crippen LogP contribution in [0.3, 0.4) is 0 Å². The fourth-order valence-electron chi connectivity index (χ4n) is 1.64. The van der Waals surface area contributed by atoms with Gasteiger partial charge in [-0.25, -0.2) is 0 Å². The number of carbonyl (C=O) groups is 1. The van der Waals surface area contributed by atoms with Crippen LogP contribution in [-0.4, -0.2) is 30.4 Å². The minimum Gasteiger partial charge on any atom is -0.343 e. The molecule has 2 N–H and O–H groups in total. The number of nitrogens with two attached hydrogens (primary N) is 1. The van der Waals surface area contributed by atoms with Gasteiger partial charge in [0.05, 0.1) is 0 Å². The van der Waals surface area contributed by atoms with E-state index < -0.39 is 0 Å². The van der Waals surface area contributed by atoms with Crippen molar-refractivity contribution in [3.05, 3.63) is 0 Å². The van der Waals surface area contributed by atoms with E-state index in [1.54, 1.807) is 0 Å². The summed E-state index contributed by atoms with van der Waals surface area (Å²) in [5.41, 5.74) is 5.46. The van der Waals surface area contributed by atoms with Crippen LogP contribution in [0.15, 0.2) is 0 Å². The van der Waals surface area contributed by atoms with Gasteiger partial charge in [0.15, 0.2) is 0 Å². The molecule has 14 heavy (non-hydrogen) atoms. The van der Waals surface area contributed by atoms with Gasteiger partial charge < -0.3 is 10.6 Å². The molecular formula is C11H22N2O. The van der Waals surface area contributed by atoms with E-state index in [4.69, 9.17) is 5.73 Å². The molecule has 1 aliphatic carbocycles. The van der Waals surface area contributed by atoms with Crippen molar-refractivity contribution in [1.82, 2.24) is 4.90 Å². The summed E-state index contributed by atoms with van der Waals surface area (Å²) in [4.78, 5) is 13.5. The molecule has 0 aliphatic heterocycles. The first-order valence-electron chi connectivity index (χ1n) is 5.61. The number of hydrogen-bond donors (Lipinski definition) is 1. The van der Waals surface area contributed by atoms with Crippen molar-refractivity contribution in [2.75, 3.05) is 13.6 Å². The van der Waals surface area contributed by atoms with Gasteiger partial charge in [-0.3, -0.25) is 4.79 Å².